The van der Waals surface area contributed by atoms with E-state index in [2.05, 4.69) is 82.6 Å². The van der Waals surface area contributed by atoms with Crippen LogP contribution in [0, 0.1) is 6.57 Å². The molecule has 0 amide bonds. The minimum absolute atomic E-state index is 0.639. The monoisotopic (exact) mass is 496 g/mol. The predicted octanol–water partition coefficient (Wildman–Crippen LogP) is 10.3. The fourth-order valence-corrected chi connectivity index (χ4v) is 5.70. The zero-order valence-corrected chi connectivity index (χ0v) is 20.8. The van der Waals surface area contributed by atoms with Gasteiger partial charge in [0.2, 0.25) is 5.89 Å². The summed E-state index contributed by atoms with van der Waals surface area (Å²) in [6, 6.07) is 42.1. The van der Waals surface area contributed by atoms with Crippen molar-refractivity contribution < 1.29 is 4.42 Å². The molecule has 0 bridgehead atoms. The Balaban J connectivity index is 1.21. The summed E-state index contributed by atoms with van der Waals surface area (Å²) < 4.78 is 5.96. The molecule has 8 rings (SSSR count). The average Bonchev–Trinajstić information content (AvgIpc) is 3.44. The van der Waals surface area contributed by atoms with Crippen LogP contribution in [-0.2, 0) is 0 Å². The summed E-state index contributed by atoms with van der Waals surface area (Å²) in [5.74, 6) is 0.639. The number of oxazole rings is 1. The Labute approximate surface area is 224 Å². The van der Waals surface area contributed by atoms with Crippen LogP contribution in [0.25, 0.3) is 82.0 Å². The summed E-state index contributed by atoms with van der Waals surface area (Å²) >= 11 is 0. The van der Waals surface area contributed by atoms with Gasteiger partial charge in [0.1, 0.15) is 5.52 Å². The molecule has 0 atom stereocenters. The van der Waals surface area contributed by atoms with E-state index in [1.165, 1.54) is 37.9 Å². The third-order valence-corrected chi connectivity index (χ3v) is 7.62. The Bertz CT molecular complexity index is 2120. The second-order valence-electron chi connectivity index (χ2n) is 9.95. The third-order valence-electron chi connectivity index (χ3n) is 7.62. The van der Waals surface area contributed by atoms with E-state index in [4.69, 9.17) is 11.0 Å². The van der Waals surface area contributed by atoms with Crippen LogP contribution >= 0.6 is 0 Å². The topological polar surface area (TPSA) is 30.4 Å². The van der Waals surface area contributed by atoms with Gasteiger partial charge in [0.05, 0.1) is 6.57 Å². The molecular formula is C36H20N2O. The summed E-state index contributed by atoms with van der Waals surface area (Å²) in [6.07, 6.45) is 0. The molecule has 0 N–H and O–H groups in total. The molecule has 7 aromatic carbocycles. The molecule has 8 aromatic rings. The highest BCUT2D eigenvalue weighted by atomic mass is 16.3. The van der Waals surface area contributed by atoms with Crippen molar-refractivity contribution >= 4 is 49.1 Å². The highest BCUT2D eigenvalue weighted by molar-refractivity contribution is 6.24. The molecule has 0 aliphatic rings. The summed E-state index contributed by atoms with van der Waals surface area (Å²) in [5, 5.41) is 7.52. The number of nitrogens with zero attached hydrogens (tertiary/aromatic N) is 2. The second kappa shape index (κ2) is 8.28. The molecule has 0 aliphatic carbocycles. The van der Waals surface area contributed by atoms with Gasteiger partial charge in [0.25, 0.3) is 0 Å². The molecule has 0 radical (unpaired) electrons. The van der Waals surface area contributed by atoms with Crippen molar-refractivity contribution in [2.24, 2.45) is 0 Å². The molecule has 1 heterocycles. The van der Waals surface area contributed by atoms with Crippen LogP contribution in [0.2, 0.25) is 0 Å². The van der Waals surface area contributed by atoms with Crippen LogP contribution in [0.1, 0.15) is 0 Å². The van der Waals surface area contributed by atoms with Crippen molar-refractivity contribution in [3.05, 3.63) is 133 Å². The van der Waals surface area contributed by atoms with E-state index in [0.29, 0.717) is 11.6 Å². The van der Waals surface area contributed by atoms with Gasteiger partial charge in [-0.1, -0.05) is 72.8 Å². The molecule has 0 spiro atoms. The van der Waals surface area contributed by atoms with E-state index < -0.39 is 0 Å². The number of aromatic nitrogens is 1. The van der Waals surface area contributed by atoms with Gasteiger partial charge in [0, 0.05) is 5.56 Å². The summed E-state index contributed by atoms with van der Waals surface area (Å²) in [5.41, 5.74) is 7.92. The summed E-state index contributed by atoms with van der Waals surface area (Å²) in [7, 11) is 0. The lowest BCUT2D eigenvalue weighted by Crippen LogP contribution is -1.88. The summed E-state index contributed by atoms with van der Waals surface area (Å²) in [4.78, 5) is 8.15. The SMILES string of the molecule is [C-]#[N+]c1ccc(-c2cc3ccc4cc(-c5ccc(-c6nc7ccccc7o6)cc5)cc5ccc(c2)c3c45)cc1. The lowest BCUT2D eigenvalue weighted by molar-refractivity contribution is 0.620. The predicted molar refractivity (Wildman–Crippen MR) is 160 cm³/mol. The summed E-state index contributed by atoms with van der Waals surface area (Å²) in [6.45, 7) is 7.22. The highest BCUT2D eigenvalue weighted by Gasteiger charge is 2.13. The lowest BCUT2D eigenvalue weighted by atomic mass is 9.89. The van der Waals surface area contributed by atoms with Gasteiger partial charge in [-0.15, -0.1) is 0 Å². The molecule has 3 nitrogen and oxygen atoms in total. The number of hydrogen-bond acceptors (Lipinski definition) is 2. The number of fused-ring (bicyclic) bond motifs is 1. The number of rotatable bonds is 3. The van der Waals surface area contributed by atoms with Crippen molar-refractivity contribution in [3.63, 3.8) is 0 Å². The first-order chi connectivity index (χ1) is 19.2. The maximum Gasteiger partial charge on any atom is 0.227 e. The molecule has 3 heteroatoms. The largest absolute Gasteiger partial charge is 0.436 e. The van der Waals surface area contributed by atoms with Crippen molar-refractivity contribution in [3.8, 4) is 33.7 Å². The molecule has 180 valence electrons. The van der Waals surface area contributed by atoms with Crippen LogP contribution in [0.4, 0.5) is 5.69 Å². The minimum Gasteiger partial charge on any atom is -0.436 e. The molecule has 39 heavy (non-hydrogen) atoms. The minimum atomic E-state index is 0.639. The Kier molecular flexibility index (Phi) is 4.59. The Hall–Kier alpha value is -5.46. The Morgan fingerprint density at radius 1 is 0.513 bits per heavy atom. The van der Waals surface area contributed by atoms with Crippen LogP contribution in [0.15, 0.2) is 126 Å². The fourth-order valence-electron chi connectivity index (χ4n) is 5.70. The maximum atomic E-state index is 7.22. The van der Waals surface area contributed by atoms with E-state index in [-0.39, 0.29) is 0 Å². The second-order valence-corrected chi connectivity index (χ2v) is 9.95. The molecular weight excluding hydrogens is 476 g/mol. The van der Waals surface area contributed by atoms with Gasteiger partial charge in [-0.25, -0.2) is 9.83 Å². The van der Waals surface area contributed by atoms with E-state index in [1.54, 1.807) is 0 Å². The van der Waals surface area contributed by atoms with E-state index in [1.807, 2.05) is 48.5 Å². The lowest BCUT2D eigenvalue weighted by Gasteiger charge is -2.14. The zero-order chi connectivity index (χ0) is 25.9. The molecule has 0 saturated heterocycles. The maximum absolute atomic E-state index is 7.22. The third kappa shape index (κ3) is 3.47. The van der Waals surface area contributed by atoms with Crippen molar-refractivity contribution in [2.45, 2.75) is 0 Å². The van der Waals surface area contributed by atoms with E-state index in [0.717, 1.165) is 33.4 Å². The first-order valence-corrected chi connectivity index (χ1v) is 12.9. The first-order valence-electron chi connectivity index (χ1n) is 12.9. The number of benzene rings is 7. The molecule has 0 unspecified atom stereocenters. The van der Waals surface area contributed by atoms with E-state index in [9.17, 15) is 0 Å². The van der Waals surface area contributed by atoms with Crippen LogP contribution < -0.4 is 0 Å². The van der Waals surface area contributed by atoms with Crippen LogP contribution in [-0.4, -0.2) is 4.98 Å². The van der Waals surface area contributed by atoms with Gasteiger partial charge in [-0.3, -0.25) is 0 Å². The Morgan fingerprint density at radius 3 is 1.51 bits per heavy atom. The quantitative estimate of drug-likeness (QED) is 0.180. The number of hydrogen-bond donors (Lipinski definition) is 0. The molecule has 0 aliphatic heterocycles. The average molecular weight is 497 g/mol. The van der Waals surface area contributed by atoms with Crippen LogP contribution in [0.5, 0.6) is 0 Å². The van der Waals surface area contributed by atoms with Crippen molar-refractivity contribution in [1.29, 1.82) is 0 Å². The van der Waals surface area contributed by atoms with Gasteiger partial charge in [-0.2, -0.15) is 0 Å². The van der Waals surface area contributed by atoms with E-state index >= 15 is 0 Å². The van der Waals surface area contributed by atoms with Crippen LogP contribution in [0.3, 0.4) is 0 Å². The van der Waals surface area contributed by atoms with Gasteiger partial charge in [0.15, 0.2) is 11.3 Å². The van der Waals surface area contributed by atoms with Crippen molar-refractivity contribution in [1.82, 2.24) is 4.98 Å². The smallest absolute Gasteiger partial charge is 0.227 e. The standard InChI is InChI=1S/C36H20N2O/c1-37-31-16-14-23(15-17-31)30-20-27-12-10-25-18-29(19-26-11-13-28(21-30)35(27)34(25)26)22-6-8-24(9-7-22)36-38-32-4-2-3-5-33(32)39-36/h2-21H. The zero-order valence-electron chi connectivity index (χ0n) is 20.8. The highest BCUT2D eigenvalue weighted by Crippen LogP contribution is 2.40. The number of para-hydroxylation sites is 2. The van der Waals surface area contributed by atoms with Gasteiger partial charge < -0.3 is 4.42 Å². The first kappa shape index (κ1) is 21.6. The van der Waals surface area contributed by atoms with Gasteiger partial charge >= 0.3 is 0 Å². The van der Waals surface area contributed by atoms with Crippen molar-refractivity contribution in [2.75, 3.05) is 0 Å². The Morgan fingerprint density at radius 2 is 1.00 bits per heavy atom. The molecule has 0 fully saturated rings. The molecule has 0 saturated carbocycles. The molecule has 1 aromatic heterocycles. The van der Waals surface area contributed by atoms with Gasteiger partial charge in [-0.05, 0) is 103 Å². The normalized spacial score (nSPS) is 11.6. The fraction of sp³-hybridized carbons (Fsp3) is 0.